The topological polar surface area (TPSA) is 58.6 Å². The highest BCUT2D eigenvalue weighted by Crippen LogP contribution is 2.39. The summed E-state index contributed by atoms with van der Waals surface area (Å²) in [5.74, 6) is 0.0302. The molecule has 3 rings (SSSR count). The van der Waals surface area contributed by atoms with Crippen molar-refractivity contribution in [2.45, 2.75) is 32.9 Å². The zero-order valence-corrected chi connectivity index (χ0v) is 14.7. The molecule has 25 heavy (non-hydrogen) atoms. The molecule has 2 aromatic rings. The molecule has 1 aliphatic heterocycles. The number of carbonyl (C=O) groups is 2. The highest BCUT2D eigenvalue weighted by molar-refractivity contribution is 6.13. The average Bonchev–Trinajstić information content (AvgIpc) is 2.84. The van der Waals surface area contributed by atoms with Gasteiger partial charge in [0.25, 0.3) is 0 Å². The van der Waals surface area contributed by atoms with Crippen LogP contribution in [0.5, 0.6) is 0 Å². The summed E-state index contributed by atoms with van der Waals surface area (Å²) in [6.07, 6.45) is 0.475. The standard InChI is InChI=1S/C20H22N2O3/c1-4-18(23)14-10-12-15(13-11-14)21-22-17-9-7-6-8-16(17)19(24)20(22,3)25-5-2/h6-13,21H,4-5H2,1-3H3. The molecule has 0 radical (unpaired) electrons. The molecule has 1 aliphatic rings. The summed E-state index contributed by atoms with van der Waals surface area (Å²) in [6.45, 7) is 5.89. The number of nitrogens with zero attached hydrogens (tertiary/aromatic N) is 1. The van der Waals surface area contributed by atoms with E-state index >= 15 is 0 Å². The second-order valence-corrected chi connectivity index (χ2v) is 6.06. The smallest absolute Gasteiger partial charge is 0.220 e. The van der Waals surface area contributed by atoms with Gasteiger partial charge in [0.2, 0.25) is 11.5 Å². The number of Topliss-reactive ketones (excluding diaryl/α,β-unsaturated/α-hetero) is 2. The second-order valence-electron chi connectivity index (χ2n) is 6.06. The maximum atomic E-state index is 12.8. The third kappa shape index (κ3) is 2.91. The molecule has 0 saturated heterocycles. The summed E-state index contributed by atoms with van der Waals surface area (Å²) < 4.78 is 5.81. The molecule has 1 heterocycles. The van der Waals surface area contributed by atoms with Crippen molar-refractivity contribution in [1.29, 1.82) is 0 Å². The molecule has 0 spiro atoms. The van der Waals surface area contributed by atoms with Crippen LogP contribution < -0.4 is 10.4 Å². The van der Waals surface area contributed by atoms with Gasteiger partial charge in [0, 0.05) is 24.2 Å². The number of ether oxygens (including phenoxy) is 1. The Bertz CT molecular complexity index is 801. The van der Waals surface area contributed by atoms with Crippen LogP contribution in [0.2, 0.25) is 0 Å². The number of rotatable bonds is 6. The van der Waals surface area contributed by atoms with Gasteiger partial charge in [0.15, 0.2) is 5.78 Å². The van der Waals surface area contributed by atoms with Crippen molar-refractivity contribution in [3.05, 3.63) is 59.7 Å². The monoisotopic (exact) mass is 338 g/mol. The molecule has 130 valence electrons. The van der Waals surface area contributed by atoms with Crippen LogP contribution in [0.25, 0.3) is 0 Å². The number of anilines is 2. The van der Waals surface area contributed by atoms with Gasteiger partial charge in [-0.25, -0.2) is 5.01 Å². The number of hydrogen-bond donors (Lipinski definition) is 1. The minimum Gasteiger partial charge on any atom is -0.347 e. The highest BCUT2D eigenvalue weighted by Gasteiger charge is 2.49. The summed E-state index contributed by atoms with van der Waals surface area (Å²) in [4.78, 5) is 24.6. The lowest BCUT2D eigenvalue weighted by atomic mass is 10.1. The van der Waals surface area contributed by atoms with Crippen molar-refractivity contribution in [3.63, 3.8) is 0 Å². The second kappa shape index (κ2) is 6.69. The van der Waals surface area contributed by atoms with E-state index in [-0.39, 0.29) is 11.6 Å². The molecule has 1 unspecified atom stereocenters. The van der Waals surface area contributed by atoms with Gasteiger partial charge in [-0.05, 0) is 50.2 Å². The van der Waals surface area contributed by atoms with E-state index in [4.69, 9.17) is 4.74 Å². The first-order chi connectivity index (χ1) is 12.0. The fourth-order valence-electron chi connectivity index (χ4n) is 3.08. The summed E-state index contributed by atoms with van der Waals surface area (Å²) >= 11 is 0. The van der Waals surface area contributed by atoms with Gasteiger partial charge in [0.1, 0.15) is 0 Å². The van der Waals surface area contributed by atoms with Crippen LogP contribution in [0, 0.1) is 0 Å². The molecule has 0 fully saturated rings. The molecular formula is C20H22N2O3. The fraction of sp³-hybridized carbons (Fsp3) is 0.300. The Kier molecular flexibility index (Phi) is 4.59. The van der Waals surface area contributed by atoms with Crippen molar-refractivity contribution in [3.8, 4) is 0 Å². The minimum absolute atomic E-state index is 0.0739. The molecule has 1 atom stereocenters. The first-order valence-corrected chi connectivity index (χ1v) is 8.49. The van der Waals surface area contributed by atoms with Crippen LogP contribution in [0.4, 0.5) is 11.4 Å². The molecule has 0 aromatic heterocycles. The van der Waals surface area contributed by atoms with E-state index in [2.05, 4.69) is 5.43 Å². The highest BCUT2D eigenvalue weighted by atomic mass is 16.5. The van der Waals surface area contributed by atoms with Crippen LogP contribution in [0.1, 0.15) is 47.9 Å². The summed E-state index contributed by atoms with van der Waals surface area (Å²) in [6, 6.07) is 14.7. The van der Waals surface area contributed by atoms with Gasteiger partial charge < -0.3 is 4.74 Å². The maximum absolute atomic E-state index is 12.8. The quantitative estimate of drug-likeness (QED) is 0.805. The molecule has 5 nitrogen and oxygen atoms in total. The van der Waals surface area contributed by atoms with E-state index in [9.17, 15) is 9.59 Å². The Morgan fingerprint density at radius 1 is 1.12 bits per heavy atom. The SMILES string of the molecule is CCOC1(C)C(=O)c2ccccc2N1Nc1ccc(C(=O)CC)cc1. The van der Waals surface area contributed by atoms with E-state index in [0.717, 1.165) is 11.4 Å². The number of carbonyl (C=O) groups excluding carboxylic acids is 2. The van der Waals surface area contributed by atoms with E-state index in [1.54, 1.807) is 30.1 Å². The third-order valence-electron chi connectivity index (χ3n) is 4.43. The van der Waals surface area contributed by atoms with Crippen LogP contribution in [0.3, 0.4) is 0 Å². The normalized spacial score (nSPS) is 19.0. The summed E-state index contributed by atoms with van der Waals surface area (Å²) in [7, 11) is 0. The Morgan fingerprint density at radius 2 is 1.80 bits per heavy atom. The van der Waals surface area contributed by atoms with Gasteiger partial charge in [-0.15, -0.1) is 0 Å². The third-order valence-corrected chi connectivity index (χ3v) is 4.43. The average molecular weight is 338 g/mol. The van der Waals surface area contributed by atoms with Crippen molar-refractivity contribution < 1.29 is 14.3 Å². The van der Waals surface area contributed by atoms with Crippen molar-refractivity contribution in [2.75, 3.05) is 17.0 Å². The van der Waals surface area contributed by atoms with Gasteiger partial charge in [0.05, 0.1) is 11.4 Å². The van der Waals surface area contributed by atoms with Crippen LogP contribution in [0.15, 0.2) is 48.5 Å². The van der Waals surface area contributed by atoms with Gasteiger partial charge in [-0.2, -0.15) is 0 Å². The van der Waals surface area contributed by atoms with Gasteiger partial charge in [-0.3, -0.25) is 15.0 Å². The number of hydrazine groups is 1. The Labute approximate surface area is 147 Å². The molecule has 2 aromatic carbocycles. The maximum Gasteiger partial charge on any atom is 0.220 e. The Balaban J connectivity index is 1.94. The van der Waals surface area contributed by atoms with Crippen LogP contribution >= 0.6 is 0 Å². The molecule has 5 heteroatoms. The van der Waals surface area contributed by atoms with E-state index in [1.807, 2.05) is 44.2 Å². The number of para-hydroxylation sites is 1. The van der Waals surface area contributed by atoms with Crippen molar-refractivity contribution >= 4 is 22.9 Å². The molecule has 0 aliphatic carbocycles. The Morgan fingerprint density at radius 3 is 2.44 bits per heavy atom. The summed E-state index contributed by atoms with van der Waals surface area (Å²) in [5.41, 5.74) is 5.01. The lowest BCUT2D eigenvalue weighted by molar-refractivity contribution is -0.00442. The van der Waals surface area contributed by atoms with E-state index in [0.29, 0.717) is 24.2 Å². The van der Waals surface area contributed by atoms with Gasteiger partial charge >= 0.3 is 0 Å². The van der Waals surface area contributed by atoms with Crippen molar-refractivity contribution in [2.24, 2.45) is 0 Å². The van der Waals surface area contributed by atoms with Crippen molar-refractivity contribution in [1.82, 2.24) is 0 Å². The largest absolute Gasteiger partial charge is 0.347 e. The molecule has 0 saturated carbocycles. The predicted molar refractivity (Wildman–Crippen MR) is 98.0 cm³/mol. The predicted octanol–water partition coefficient (Wildman–Crippen LogP) is 4.06. The van der Waals surface area contributed by atoms with E-state index < -0.39 is 5.72 Å². The first kappa shape index (κ1) is 17.2. The molecular weight excluding hydrogens is 316 g/mol. The van der Waals surface area contributed by atoms with Crippen LogP contribution in [-0.4, -0.2) is 23.9 Å². The zero-order chi connectivity index (χ0) is 18.0. The first-order valence-electron chi connectivity index (χ1n) is 8.49. The number of ketones is 2. The lowest BCUT2D eigenvalue weighted by Crippen LogP contribution is -2.53. The zero-order valence-electron chi connectivity index (χ0n) is 14.7. The number of benzene rings is 2. The fourth-order valence-corrected chi connectivity index (χ4v) is 3.08. The summed E-state index contributed by atoms with van der Waals surface area (Å²) in [5, 5.41) is 1.75. The van der Waals surface area contributed by atoms with Crippen LogP contribution in [-0.2, 0) is 4.74 Å². The minimum atomic E-state index is -1.11. The van der Waals surface area contributed by atoms with Gasteiger partial charge in [-0.1, -0.05) is 19.1 Å². The Hall–Kier alpha value is -2.66. The number of fused-ring (bicyclic) bond motifs is 1. The number of nitrogens with one attached hydrogen (secondary N) is 1. The number of hydrogen-bond acceptors (Lipinski definition) is 5. The lowest BCUT2D eigenvalue weighted by Gasteiger charge is -2.35. The molecule has 1 N–H and O–H groups in total. The molecule has 0 bridgehead atoms. The van der Waals surface area contributed by atoms with E-state index in [1.165, 1.54) is 0 Å². The molecule has 0 amide bonds.